The predicted molar refractivity (Wildman–Crippen MR) is 169 cm³/mol. The normalized spacial score (nSPS) is 31.7. The van der Waals surface area contributed by atoms with Gasteiger partial charge in [-0.1, -0.05) is 70.4 Å². The van der Waals surface area contributed by atoms with E-state index in [1.165, 1.54) is 14.2 Å². The zero-order chi connectivity index (χ0) is 33.1. The first-order valence-corrected chi connectivity index (χ1v) is 16.8. The van der Waals surface area contributed by atoms with Crippen molar-refractivity contribution in [1.82, 2.24) is 0 Å². The van der Waals surface area contributed by atoms with Gasteiger partial charge in [0.25, 0.3) is 0 Å². The topological polar surface area (TPSA) is 122 Å². The molecule has 1 N–H and O–H groups in total. The SMILES string of the molecule is CCCCOCC1O[C@H](OC)C(OCCCC)C(OCCCC)[C@@H]1O[C@@H]1OC(COOCc2ccccc2)[C@@H](O)C(OC)C1OC. The summed E-state index contributed by atoms with van der Waals surface area (Å²) in [6, 6.07) is 9.65. The highest BCUT2D eigenvalue weighted by Crippen LogP contribution is 2.34. The van der Waals surface area contributed by atoms with Crippen LogP contribution < -0.4 is 0 Å². The molecule has 12 nitrogen and oxygen atoms in total. The Kier molecular flexibility index (Phi) is 19.1. The molecule has 2 saturated heterocycles. The summed E-state index contributed by atoms with van der Waals surface area (Å²) < 4.78 is 55.7. The summed E-state index contributed by atoms with van der Waals surface area (Å²) in [5.41, 5.74) is 0.951. The van der Waals surface area contributed by atoms with Crippen LogP contribution in [-0.4, -0.2) is 121 Å². The molecule has 2 aliphatic rings. The van der Waals surface area contributed by atoms with Crippen molar-refractivity contribution in [3.8, 4) is 0 Å². The van der Waals surface area contributed by atoms with E-state index in [1.807, 2.05) is 30.3 Å². The molecule has 46 heavy (non-hydrogen) atoms. The minimum absolute atomic E-state index is 0.0696. The van der Waals surface area contributed by atoms with Gasteiger partial charge >= 0.3 is 0 Å². The van der Waals surface area contributed by atoms with Crippen LogP contribution >= 0.6 is 0 Å². The van der Waals surface area contributed by atoms with Crippen molar-refractivity contribution >= 4 is 0 Å². The van der Waals surface area contributed by atoms with Gasteiger partial charge in [-0.2, -0.15) is 0 Å². The number of unbranched alkanes of at least 4 members (excludes halogenated alkanes) is 3. The minimum Gasteiger partial charge on any atom is -0.387 e. The highest BCUT2D eigenvalue weighted by atomic mass is 17.2. The van der Waals surface area contributed by atoms with Crippen molar-refractivity contribution < 1.29 is 57.5 Å². The van der Waals surface area contributed by atoms with E-state index in [0.717, 1.165) is 44.1 Å². The van der Waals surface area contributed by atoms with Gasteiger partial charge < -0.3 is 47.7 Å². The Morgan fingerprint density at radius 3 is 1.89 bits per heavy atom. The van der Waals surface area contributed by atoms with Crippen LogP contribution in [0.2, 0.25) is 0 Å². The van der Waals surface area contributed by atoms with Crippen molar-refractivity contribution in [1.29, 1.82) is 0 Å². The van der Waals surface area contributed by atoms with Gasteiger partial charge in [0.1, 0.15) is 62.0 Å². The molecule has 2 fully saturated rings. The Bertz CT molecular complexity index is 894. The molecule has 10 atom stereocenters. The molecule has 0 amide bonds. The molecule has 0 aliphatic carbocycles. The Morgan fingerprint density at radius 1 is 0.630 bits per heavy atom. The molecule has 1 aromatic rings. The van der Waals surface area contributed by atoms with Gasteiger partial charge in [0, 0.05) is 41.2 Å². The molecule has 0 spiro atoms. The summed E-state index contributed by atoms with van der Waals surface area (Å²) in [6.45, 7) is 8.36. The van der Waals surface area contributed by atoms with Gasteiger partial charge in [0.05, 0.1) is 6.61 Å². The second-order valence-electron chi connectivity index (χ2n) is 11.7. The van der Waals surface area contributed by atoms with Gasteiger partial charge in [-0.3, -0.25) is 0 Å². The maximum atomic E-state index is 11.2. The fourth-order valence-corrected chi connectivity index (χ4v) is 5.52. The Labute approximate surface area is 275 Å². The highest BCUT2D eigenvalue weighted by Gasteiger charge is 2.53. The molecule has 3 rings (SSSR count). The van der Waals surface area contributed by atoms with Gasteiger partial charge in [0.2, 0.25) is 0 Å². The zero-order valence-corrected chi connectivity index (χ0v) is 28.6. The number of ether oxygens (including phenoxy) is 9. The lowest BCUT2D eigenvalue weighted by Gasteiger charge is -2.49. The van der Waals surface area contributed by atoms with Crippen molar-refractivity contribution in [2.75, 3.05) is 54.4 Å². The number of rotatable bonds is 23. The smallest absolute Gasteiger partial charge is 0.187 e. The lowest BCUT2D eigenvalue weighted by Crippen LogP contribution is -2.66. The highest BCUT2D eigenvalue weighted by molar-refractivity contribution is 5.13. The van der Waals surface area contributed by atoms with Crippen LogP contribution in [0.3, 0.4) is 0 Å². The monoisotopic (exact) mass is 658 g/mol. The lowest BCUT2D eigenvalue weighted by molar-refractivity contribution is -0.381. The van der Waals surface area contributed by atoms with Crippen LogP contribution in [0.15, 0.2) is 30.3 Å². The summed E-state index contributed by atoms with van der Waals surface area (Å²) in [6.07, 6.45) is -1.94. The predicted octanol–water partition coefficient (Wildman–Crippen LogP) is 4.19. The molecular formula is C34H58O12. The zero-order valence-electron chi connectivity index (χ0n) is 28.6. The van der Waals surface area contributed by atoms with Crippen LogP contribution in [0.25, 0.3) is 0 Å². The second-order valence-corrected chi connectivity index (χ2v) is 11.7. The van der Waals surface area contributed by atoms with Crippen LogP contribution in [-0.2, 0) is 59.0 Å². The van der Waals surface area contributed by atoms with E-state index in [9.17, 15) is 5.11 Å². The molecule has 0 radical (unpaired) electrons. The molecule has 12 heteroatoms. The van der Waals surface area contributed by atoms with E-state index >= 15 is 0 Å². The molecule has 266 valence electrons. The minimum atomic E-state index is -1.08. The lowest BCUT2D eigenvalue weighted by atomic mass is 9.96. The van der Waals surface area contributed by atoms with Crippen LogP contribution in [0, 0.1) is 0 Å². The summed E-state index contributed by atoms with van der Waals surface area (Å²) in [5.74, 6) is 0. The number of methoxy groups -OCH3 is 3. The number of aliphatic hydroxyl groups is 1. The van der Waals surface area contributed by atoms with E-state index in [2.05, 4.69) is 20.8 Å². The van der Waals surface area contributed by atoms with Crippen LogP contribution in [0.1, 0.15) is 64.9 Å². The molecule has 1 aromatic carbocycles. The largest absolute Gasteiger partial charge is 0.387 e. The fourth-order valence-electron chi connectivity index (χ4n) is 5.52. The van der Waals surface area contributed by atoms with E-state index < -0.39 is 61.4 Å². The average Bonchev–Trinajstić information content (AvgIpc) is 3.08. The van der Waals surface area contributed by atoms with Gasteiger partial charge in [-0.15, -0.1) is 0 Å². The van der Waals surface area contributed by atoms with E-state index in [0.29, 0.717) is 19.8 Å². The second kappa shape index (κ2) is 22.4. The van der Waals surface area contributed by atoms with Crippen molar-refractivity contribution in [2.45, 2.75) is 127 Å². The molecule has 0 bridgehead atoms. The standard InChI is InChI=1S/C34H58O12/c1-7-10-18-39-22-26-28(30(40-19-11-8-2)32(33(38-6)45-26)41-20-12-9-3)46-34-31(37-5)29(36-4)27(35)25(44-34)23-43-42-21-24-16-14-13-15-17-24/h13-17,25-35H,7-12,18-23H2,1-6H3/t25?,26?,27-,28-,29?,30?,31?,32?,33+,34+/m1/s1. The van der Waals surface area contributed by atoms with E-state index in [1.54, 1.807) is 7.11 Å². The third-order valence-corrected chi connectivity index (χ3v) is 8.20. The molecule has 2 aliphatic heterocycles. The third-order valence-electron chi connectivity index (χ3n) is 8.20. The summed E-state index contributed by atoms with van der Waals surface area (Å²) >= 11 is 0. The van der Waals surface area contributed by atoms with Gasteiger partial charge in [-0.05, 0) is 24.8 Å². The molecule has 0 saturated carbocycles. The summed E-state index contributed by atoms with van der Waals surface area (Å²) in [4.78, 5) is 10.9. The quantitative estimate of drug-likeness (QED) is 0.103. The van der Waals surface area contributed by atoms with Crippen LogP contribution in [0.5, 0.6) is 0 Å². The first-order chi connectivity index (χ1) is 22.5. The molecule has 2 heterocycles. The Morgan fingerprint density at radius 2 is 1.26 bits per heavy atom. The number of benzene rings is 1. The average molecular weight is 659 g/mol. The van der Waals surface area contributed by atoms with Crippen molar-refractivity contribution in [3.63, 3.8) is 0 Å². The van der Waals surface area contributed by atoms with E-state index in [4.69, 9.17) is 52.4 Å². The fraction of sp³-hybridized carbons (Fsp3) is 0.824. The Hall–Kier alpha value is -1.26. The van der Waals surface area contributed by atoms with Crippen LogP contribution in [0.4, 0.5) is 0 Å². The maximum Gasteiger partial charge on any atom is 0.187 e. The van der Waals surface area contributed by atoms with Crippen molar-refractivity contribution in [2.24, 2.45) is 0 Å². The first-order valence-electron chi connectivity index (χ1n) is 16.8. The number of hydrogen-bond acceptors (Lipinski definition) is 12. The summed E-state index contributed by atoms with van der Waals surface area (Å²) in [7, 11) is 4.64. The first kappa shape index (κ1) is 39.2. The third kappa shape index (κ3) is 11.7. The van der Waals surface area contributed by atoms with Gasteiger partial charge in [-0.25, -0.2) is 9.78 Å². The molecule has 6 unspecified atom stereocenters. The number of hydrogen-bond donors (Lipinski definition) is 1. The molecule has 0 aromatic heterocycles. The van der Waals surface area contributed by atoms with E-state index in [-0.39, 0.29) is 19.8 Å². The molecular weight excluding hydrogens is 600 g/mol. The van der Waals surface area contributed by atoms with Gasteiger partial charge in [0.15, 0.2) is 12.6 Å². The Balaban J connectivity index is 1.84. The maximum absolute atomic E-state index is 11.2. The summed E-state index contributed by atoms with van der Waals surface area (Å²) in [5, 5.41) is 11.2. The number of aliphatic hydroxyl groups excluding tert-OH is 1. The van der Waals surface area contributed by atoms with Crippen molar-refractivity contribution in [3.05, 3.63) is 35.9 Å².